The standard InChI is InChI=1S/C13H22N2O3/c1-3-11-13(17)15(6-4-12(16)14-11)10-5-7-18-9(2)8-10/h9-11H,3-8H2,1-2H3,(H,14,16). The van der Waals surface area contributed by atoms with Crippen LogP contribution in [0.3, 0.4) is 0 Å². The van der Waals surface area contributed by atoms with Crippen LogP contribution < -0.4 is 5.32 Å². The Labute approximate surface area is 108 Å². The molecule has 2 aliphatic rings. The maximum atomic E-state index is 12.4. The number of hydrogen-bond donors (Lipinski definition) is 1. The Kier molecular flexibility index (Phi) is 4.22. The molecule has 0 aromatic rings. The molecular formula is C13H22N2O3. The maximum Gasteiger partial charge on any atom is 0.245 e. The van der Waals surface area contributed by atoms with Crippen LogP contribution in [-0.2, 0) is 14.3 Å². The molecule has 2 saturated heterocycles. The molecule has 2 heterocycles. The van der Waals surface area contributed by atoms with Crippen LogP contribution in [0, 0.1) is 0 Å². The molecule has 2 aliphatic heterocycles. The van der Waals surface area contributed by atoms with Gasteiger partial charge in [0.2, 0.25) is 11.8 Å². The lowest BCUT2D eigenvalue weighted by Crippen LogP contribution is -2.50. The first-order valence-electron chi connectivity index (χ1n) is 6.83. The van der Waals surface area contributed by atoms with Crippen LogP contribution in [0.4, 0.5) is 0 Å². The van der Waals surface area contributed by atoms with E-state index in [2.05, 4.69) is 5.32 Å². The van der Waals surface area contributed by atoms with Crippen molar-refractivity contribution in [2.24, 2.45) is 0 Å². The second-order valence-corrected chi connectivity index (χ2v) is 5.17. The van der Waals surface area contributed by atoms with Gasteiger partial charge in [-0.25, -0.2) is 0 Å². The van der Waals surface area contributed by atoms with Crippen molar-refractivity contribution < 1.29 is 14.3 Å². The Bertz CT molecular complexity index is 332. The third-order valence-corrected chi connectivity index (χ3v) is 3.80. The van der Waals surface area contributed by atoms with E-state index in [1.54, 1.807) is 0 Å². The monoisotopic (exact) mass is 254 g/mol. The van der Waals surface area contributed by atoms with Gasteiger partial charge < -0.3 is 15.0 Å². The van der Waals surface area contributed by atoms with Crippen molar-refractivity contribution in [1.82, 2.24) is 10.2 Å². The topological polar surface area (TPSA) is 58.6 Å². The van der Waals surface area contributed by atoms with E-state index in [9.17, 15) is 9.59 Å². The Morgan fingerprint density at radius 2 is 2.22 bits per heavy atom. The quantitative estimate of drug-likeness (QED) is 0.788. The fourth-order valence-corrected chi connectivity index (χ4v) is 2.76. The summed E-state index contributed by atoms with van der Waals surface area (Å²) in [6.07, 6.45) is 3.01. The number of nitrogens with zero attached hydrogens (tertiary/aromatic N) is 1. The molecule has 5 nitrogen and oxygen atoms in total. The molecule has 0 bridgehead atoms. The van der Waals surface area contributed by atoms with E-state index in [1.165, 1.54) is 0 Å². The molecular weight excluding hydrogens is 232 g/mol. The molecule has 3 unspecified atom stereocenters. The maximum absolute atomic E-state index is 12.4. The summed E-state index contributed by atoms with van der Waals surface area (Å²) in [6, 6.07) is -0.124. The molecule has 2 amide bonds. The van der Waals surface area contributed by atoms with E-state index in [-0.39, 0.29) is 30.0 Å². The van der Waals surface area contributed by atoms with Crippen molar-refractivity contribution in [2.75, 3.05) is 13.2 Å². The van der Waals surface area contributed by atoms with Crippen molar-refractivity contribution in [3.8, 4) is 0 Å². The molecule has 18 heavy (non-hydrogen) atoms. The summed E-state index contributed by atoms with van der Waals surface area (Å²) < 4.78 is 5.52. The number of ether oxygens (including phenoxy) is 1. The lowest BCUT2D eigenvalue weighted by Gasteiger charge is -2.36. The molecule has 0 aromatic heterocycles. The SMILES string of the molecule is CCC1NC(=O)CCN(C2CCOC(C)C2)C1=O. The number of carbonyl (C=O) groups is 2. The van der Waals surface area contributed by atoms with Crippen LogP contribution in [0.1, 0.15) is 39.5 Å². The van der Waals surface area contributed by atoms with Crippen LogP contribution >= 0.6 is 0 Å². The van der Waals surface area contributed by atoms with Gasteiger partial charge in [-0.3, -0.25) is 9.59 Å². The summed E-state index contributed by atoms with van der Waals surface area (Å²) in [6.45, 7) is 5.21. The molecule has 0 spiro atoms. The molecule has 5 heteroatoms. The summed E-state index contributed by atoms with van der Waals surface area (Å²) in [5, 5.41) is 2.80. The van der Waals surface area contributed by atoms with Crippen molar-refractivity contribution in [2.45, 2.75) is 57.7 Å². The lowest BCUT2D eigenvalue weighted by molar-refractivity contribution is -0.138. The largest absolute Gasteiger partial charge is 0.378 e. The van der Waals surface area contributed by atoms with Gasteiger partial charge in [0.1, 0.15) is 6.04 Å². The highest BCUT2D eigenvalue weighted by Crippen LogP contribution is 2.21. The highest BCUT2D eigenvalue weighted by molar-refractivity contribution is 5.90. The zero-order chi connectivity index (χ0) is 13.1. The Morgan fingerprint density at radius 1 is 1.44 bits per heavy atom. The zero-order valence-corrected chi connectivity index (χ0v) is 11.1. The predicted octanol–water partition coefficient (Wildman–Crippen LogP) is 0.681. The van der Waals surface area contributed by atoms with Crippen LogP contribution in [-0.4, -0.2) is 48.1 Å². The number of carbonyl (C=O) groups excluding carboxylic acids is 2. The third-order valence-electron chi connectivity index (χ3n) is 3.80. The average molecular weight is 254 g/mol. The second kappa shape index (κ2) is 5.69. The van der Waals surface area contributed by atoms with Gasteiger partial charge >= 0.3 is 0 Å². The number of nitrogens with one attached hydrogen (secondary N) is 1. The van der Waals surface area contributed by atoms with Crippen LogP contribution in [0.25, 0.3) is 0 Å². The molecule has 0 aliphatic carbocycles. The normalized spacial score (nSPS) is 34.1. The summed E-state index contributed by atoms with van der Waals surface area (Å²) in [5.74, 6) is 0.0558. The summed E-state index contributed by atoms with van der Waals surface area (Å²) >= 11 is 0. The number of amides is 2. The summed E-state index contributed by atoms with van der Waals surface area (Å²) in [5.41, 5.74) is 0. The smallest absolute Gasteiger partial charge is 0.245 e. The van der Waals surface area contributed by atoms with Gasteiger partial charge in [0, 0.05) is 25.6 Å². The molecule has 2 rings (SSSR count). The minimum Gasteiger partial charge on any atom is -0.378 e. The Balaban J connectivity index is 2.09. The third kappa shape index (κ3) is 2.83. The lowest BCUT2D eigenvalue weighted by atomic mass is 10.0. The molecule has 0 saturated carbocycles. The Morgan fingerprint density at radius 3 is 2.89 bits per heavy atom. The molecule has 2 fully saturated rings. The second-order valence-electron chi connectivity index (χ2n) is 5.17. The molecule has 0 aromatic carbocycles. The van der Waals surface area contributed by atoms with Gasteiger partial charge in [0.05, 0.1) is 6.10 Å². The first-order chi connectivity index (χ1) is 8.61. The van der Waals surface area contributed by atoms with Crippen molar-refractivity contribution in [3.63, 3.8) is 0 Å². The zero-order valence-electron chi connectivity index (χ0n) is 11.1. The Hall–Kier alpha value is -1.10. The summed E-state index contributed by atoms with van der Waals surface area (Å²) in [4.78, 5) is 25.9. The van der Waals surface area contributed by atoms with Gasteiger partial charge in [-0.2, -0.15) is 0 Å². The van der Waals surface area contributed by atoms with E-state index in [1.807, 2.05) is 18.7 Å². The molecule has 0 radical (unpaired) electrons. The van der Waals surface area contributed by atoms with Gasteiger partial charge in [0.15, 0.2) is 0 Å². The number of rotatable bonds is 2. The predicted molar refractivity (Wildman–Crippen MR) is 67.0 cm³/mol. The van der Waals surface area contributed by atoms with E-state index in [0.717, 1.165) is 12.8 Å². The highest BCUT2D eigenvalue weighted by atomic mass is 16.5. The number of hydrogen-bond acceptors (Lipinski definition) is 3. The van der Waals surface area contributed by atoms with E-state index < -0.39 is 0 Å². The van der Waals surface area contributed by atoms with Gasteiger partial charge in [0.25, 0.3) is 0 Å². The van der Waals surface area contributed by atoms with E-state index in [0.29, 0.717) is 26.0 Å². The summed E-state index contributed by atoms with van der Waals surface area (Å²) in [7, 11) is 0. The van der Waals surface area contributed by atoms with Crippen LogP contribution in [0.5, 0.6) is 0 Å². The van der Waals surface area contributed by atoms with E-state index in [4.69, 9.17) is 4.74 Å². The van der Waals surface area contributed by atoms with Gasteiger partial charge in [-0.1, -0.05) is 6.92 Å². The van der Waals surface area contributed by atoms with Gasteiger partial charge in [-0.05, 0) is 26.2 Å². The van der Waals surface area contributed by atoms with Crippen LogP contribution in [0.2, 0.25) is 0 Å². The van der Waals surface area contributed by atoms with E-state index >= 15 is 0 Å². The molecule has 1 N–H and O–H groups in total. The highest BCUT2D eigenvalue weighted by Gasteiger charge is 2.34. The first kappa shape index (κ1) is 13.3. The van der Waals surface area contributed by atoms with Gasteiger partial charge in [-0.15, -0.1) is 0 Å². The molecule has 102 valence electrons. The van der Waals surface area contributed by atoms with Crippen molar-refractivity contribution in [1.29, 1.82) is 0 Å². The minimum atomic E-state index is -0.349. The average Bonchev–Trinajstić information content (AvgIpc) is 2.49. The minimum absolute atomic E-state index is 0.0159. The fraction of sp³-hybridized carbons (Fsp3) is 0.846. The first-order valence-corrected chi connectivity index (χ1v) is 6.83. The van der Waals surface area contributed by atoms with Crippen molar-refractivity contribution in [3.05, 3.63) is 0 Å². The van der Waals surface area contributed by atoms with Crippen LogP contribution in [0.15, 0.2) is 0 Å². The fourth-order valence-electron chi connectivity index (χ4n) is 2.76. The van der Waals surface area contributed by atoms with Crippen molar-refractivity contribution >= 4 is 11.8 Å². The molecule has 3 atom stereocenters.